The third-order valence-electron chi connectivity index (χ3n) is 4.79. The standard InChI is InChI=1S/C22H19ClO6/c1-12-15-10-17(23)20(26)16(11-24)21(15)29-22(27)19(12)14-7-5-13(6-8-14)18(25)4-3-9-28-2/h5-8,10-11,26H,3-4,9H2,1-2H3. The van der Waals surface area contributed by atoms with Crippen molar-refractivity contribution in [2.45, 2.75) is 19.8 Å². The van der Waals surface area contributed by atoms with E-state index in [1.54, 1.807) is 38.3 Å². The summed E-state index contributed by atoms with van der Waals surface area (Å²) in [5, 5.41) is 10.4. The van der Waals surface area contributed by atoms with E-state index in [1.165, 1.54) is 6.07 Å². The van der Waals surface area contributed by atoms with Crippen LogP contribution in [-0.2, 0) is 4.74 Å². The van der Waals surface area contributed by atoms with Gasteiger partial charge in [0.05, 0.1) is 10.6 Å². The summed E-state index contributed by atoms with van der Waals surface area (Å²) in [5.74, 6) is -0.436. The van der Waals surface area contributed by atoms with Crippen LogP contribution in [0.25, 0.3) is 22.1 Å². The monoisotopic (exact) mass is 414 g/mol. The van der Waals surface area contributed by atoms with Crippen LogP contribution in [0, 0.1) is 6.92 Å². The van der Waals surface area contributed by atoms with Crippen LogP contribution in [-0.4, -0.2) is 30.9 Å². The van der Waals surface area contributed by atoms with Crippen LogP contribution in [0.3, 0.4) is 0 Å². The molecule has 29 heavy (non-hydrogen) atoms. The molecular formula is C22H19ClO6. The first-order valence-electron chi connectivity index (χ1n) is 8.95. The van der Waals surface area contributed by atoms with Crippen molar-refractivity contribution >= 4 is 34.6 Å². The highest BCUT2D eigenvalue weighted by Crippen LogP contribution is 2.36. The van der Waals surface area contributed by atoms with Gasteiger partial charge in [0.25, 0.3) is 0 Å². The molecule has 0 radical (unpaired) electrons. The number of fused-ring (bicyclic) bond motifs is 1. The molecule has 7 heteroatoms. The summed E-state index contributed by atoms with van der Waals surface area (Å²) in [6.07, 6.45) is 1.41. The lowest BCUT2D eigenvalue weighted by Crippen LogP contribution is -2.08. The number of methoxy groups -OCH3 is 1. The quantitative estimate of drug-likeness (QED) is 0.264. The molecule has 0 aliphatic rings. The highest BCUT2D eigenvalue weighted by molar-refractivity contribution is 6.33. The van der Waals surface area contributed by atoms with Gasteiger partial charge in [-0.1, -0.05) is 35.9 Å². The molecule has 6 nitrogen and oxygen atoms in total. The molecule has 1 heterocycles. The lowest BCUT2D eigenvalue weighted by molar-refractivity contribution is 0.0963. The Labute approximate surface area is 171 Å². The maximum atomic E-state index is 12.6. The number of aromatic hydroxyl groups is 1. The number of halogens is 1. The van der Waals surface area contributed by atoms with Gasteiger partial charge >= 0.3 is 5.63 Å². The minimum Gasteiger partial charge on any atom is -0.505 e. The highest BCUT2D eigenvalue weighted by Gasteiger charge is 2.20. The van der Waals surface area contributed by atoms with Crippen LogP contribution in [0.2, 0.25) is 5.02 Å². The predicted octanol–water partition coefficient (Wildman–Crippen LogP) is 4.55. The van der Waals surface area contributed by atoms with Crippen molar-refractivity contribution in [2.24, 2.45) is 0 Å². The molecule has 3 rings (SSSR count). The van der Waals surface area contributed by atoms with E-state index in [4.69, 9.17) is 20.8 Å². The second kappa shape index (κ2) is 8.59. The van der Waals surface area contributed by atoms with Crippen LogP contribution < -0.4 is 5.63 Å². The minimum absolute atomic E-state index is 0.00579. The van der Waals surface area contributed by atoms with Gasteiger partial charge in [-0.05, 0) is 30.5 Å². The Kier molecular flexibility index (Phi) is 6.15. The van der Waals surface area contributed by atoms with Crippen molar-refractivity contribution in [1.82, 2.24) is 0 Å². The Morgan fingerprint density at radius 2 is 1.97 bits per heavy atom. The number of benzene rings is 2. The van der Waals surface area contributed by atoms with Crippen molar-refractivity contribution in [1.29, 1.82) is 0 Å². The second-order valence-electron chi connectivity index (χ2n) is 6.60. The number of carbonyl (C=O) groups excluding carboxylic acids is 2. The molecule has 0 saturated carbocycles. The zero-order chi connectivity index (χ0) is 21.1. The Balaban J connectivity index is 2.06. The molecule has 0 atom stereocenters. The number of hydrogen-bond donors (Lipinski definition) is 1. The van der Waals surface area contributed by atoms with E-state index in [0.717, 1.165) is 0 Å². The van der Waals surface area contributed by atoms with Crippen LogP contribution in [0.4, 0.5) is 0 Å². The molecule has 1 aromatic heterocycles. The van der Waals surface area contributed by atoms with Crippen LogP contribution >= 0.6 is 11.6 Å². The molecule has 0 aliphatic carbocycles. The van der Waals surface area contributed by atoms with Gasteiger partial charge in [-0.3, -0.25) is 9.59 Å². The van der Waals surface area contributed by atoms with Crippen molar-refractivity contribution in [3.05, 3.63) is 62.5 Å². The Morgan fingerprint density at radius 3 is 2.59 bits per heavy atom. The fourth-order valence-electron chi connectivity index (χ4n) is 3.25. The van der Waals surface area contributed by atoms with Gasteiger partial charge in [0, 0.05) is 31.1 Å². The first-order valence-corrected chi connectivity index (χ1v) is 9.33. The van der Waals surface area contributed by atoms with Crippen LogP contribution in [0.5, 0.6) is 5.75 Å². The van der Waals surface area contributed by atoms with E-state index in [9.17, 15) is 19.5 Å². The predicted molar refractivity (Wildman–Crippen MR) is 110 cm³/mol. The van der Waals surface area contributed by atoms with Crippen molar-refractivity contribution < 1.29 is 23.8 Å². The van der Waals surface area contributed by atoms with Gasteiger partial charge in [0.1, 0.15) is 11.3 Å². The summed E-state index contributed by atoms with van der Waals surface area (Å²) < 4.78 is 10.3. The number of Topliss-reactive ketones (excluding diaryl/α,β-unsaturated/α-hetero) is 1. The molecule has 0 spiro atoms. The largest absolute Gasteiger partial charge is 0.505 e. The molecule has 0 unspecified atom stereocenters. The number of phenols is 1. The van der Waals surface area contributed by atoms with Crippen molar-refractivity contribution in [2.75, 3.05) is 13.7 Å². The van der Waals surface area contributed by atoms with Gasteiger partial charge in [-0.15, -0.1) is 0 Å². The molecule has 0 aliphatic heterocycles. The summed E-state index contributed by atoms with van der Waals surface area (Å²) in [6, 6.07) is 8.13. The summed E-state index contributed by atoms with van der Waals surface area (Å²) in [7, 11) is 1.59. The van der Waals surface area contributed by atoms with E-state index >= 15 is 0 Å². The first kappa shape index (κ1) is 20.8. The van der Waals surface area contributed by atoms with E-state index in [1.807, 2.05) is 0 Å². The van der Waals surface area contributed by atoms with Gasteiger partial charge in [-0.2, -0.15) is 0 Å². The molecule has 0 fully saturated rings. The second-order valence-corrected chi connectivity index (χ2v) is 7.01. The zero-order valence-corrected chi connectivity index (χ0v) is 16.7. The van der Waals surface area contributed by atoms with Gasteiger partial charge in [-0.25, -0.2) is 4.79 Å². The summed E-state index contributed by atoms with van der Waals surface area (Å²) in [4.78, 5) is 36.2. The minimum atomic E-state index is -0.654. The zero-order valence-electron chi connectivity index (χ0n) is 16.0. The third kappa shape index (κ3) is 3.95. The number of ether oxygens (including phenoxy) is 1. The first-order chi connectivity index (χ1) is 13.9. The summed E-state index contributed by atoms with van der Waals surface area (Å²) in [6.45, 7) is 2.22. The van der Waals surface area contributed by atoms with E-state index < -0.39 is 11.4 Å². The molecule has 2 aromatic carbocycles. The Bertz CT molecular complexity index is 1140. The molecule has 150 valence electrons. The fraction of sp³-hybridized carbons (Fsp3) is 0.227. The van der Waals surface area contributed by atoms with Crippen molar-refractivity contribution in [3.8, 4) is 16.9 Å². The number of aryl methyl sites for hydroxylation is 1. The molecule has 0 saturated heterocycles. The molecule has 0 amide bonds. The van der Waals surface area contributed by atoms with Crippen LogP contribution in [0.1, 0.15) is 39.1 Å². The molecule has 1 N–H and O–H groups in total. The molecule has 3 aromatic rings. The Morgan fingerprint density at radius 1 is 1.28 bits per heavy atom. The van der Waals surface area contributed by atoms with Gasteiger partial charge in [0.2, 0.25) is 0 Å². The van der Waals surface area contributed by atoms with Gasteiger partial charge in [0.15, 0.2) is 17.7 Å². The maximum Gasteiger partial charge on any atom is 0.344 e. The number of aldehydes is 1. The van der Waals surface area contributed by atoms with E-state index in [-0.39, 0.29) is 22.0 Å². The summed E-state index contributed by atoms with van der Waals surface area (Å²) in [5.41, 5.74) is 1.13. The lowest BCUT2D eigenvalue weighted by Gasteiger charge is -2.11. The average Bonchev–Trinajstić information content (AvgIpc) is 2.70. The number of hydrogen-bond acceptors (Lipinski definition) is 6. The average molecular weight is 415 g/mol. The van der Waals surface area contributed by atoms with Gasteiger partial charge < -0.3 is 14.3 Å². The van der Waals surface area contributed by atoms with E-state index in [0.29, 0.717) is 53.4 Å². The molecular weight excluding hydrogens is 396 g/mol. The summed E-state index contributed by atoms with van der Waals surface area (Å²) >= 11 is 6.01. The number of carbonyl (C=O) groups is 2. The third-order valence-corrected chi connectivity index (χ3v) is 5.07. The molecule has 0 bridgehead atoms. The number of phenolic OH excluding ortho intramolecular Hbond substituents is 1. The number of rotatable bonds is 7. The van der Waals surface area contributed by atoms with E-state index in [2.05, 4.69) is 0 Å². The fourth-order valence-corrected chi connectivity index (χ4v) is 3.46. The lowest BCUT2D eigenvalue weighted by atomic mass is 9.96. The highest BCUT2D eigenvalue weighted by atomic mass is 35.5. The SMILES string of the molecule is COCCCC(=O)c1ccc(-c2c(C)c3cc(Cl)c(O)c(C=O)c3oc2=O)cc1. The Hall–Kier alpha value is -2.96. The maximum absolute atomic E-state index is 12.6. The topological polar surface area (TPSA) is 93.8 Å². The van der Waals surface area contributed by atoms with Crippen molar-refractivity contribution in [3.63, 3.8) is 0 Å². The smallest absolute Gasteiger partial charge is 0.344 e. The number of ketones is 1. The normalized spacial score (nSPS) is 11.0. The van der Waals surface area contributed by atoms with Crippen LogP contribution in [0.15, 0.2) is 39.5 Å².